The number of nitro benzene ring substituents is 1. The number of aliphatic hydroxyl groups is 1. The predicted molar refractivity (Wildman–Crippen MR) is 54.6 cm³/mol. The lowest BCUT2D eigenvalue weighted by molar-refractivity contribution is -0.385. The monoisotopic (exact) mass is 208 g/mol. The van der Waals surface area contributed by atoms with E-state index in [0.29, 0.717) is 18.7 Å². The molecule has 1 aliphatic rings. The van der Waals surface area contributed by atoms with E-state index in [1.165, 1.54) is 12.1 Å². The Kier molecular flexibility index (Phi) is 2.21. The SMILES string of the molecule is Cc1ccc([N+](=O)[O-])cc1C1(O)CNC1. The third-order valence-corrected chi connectivity index (χ3v) is 2.77. The average molecular weight is 208 g/mol. The second-order valence-corrected chi connectivity index (χ2v) is 3.89. The zero-order chi connectivity index (χ0) is 11.1. The maximum atomic E-state index is 10.6. The Morgan fingerprint density at radius 1 is 1.53 bits per heavy atom. The molecule has 2 rings (SSSR count). The minimum absolute atomic E-state index is 0.0240. The molecule has 5 heteroatoms. The second kappa shape index (κ2) is 3.29. The Balaban J connectivity index is 2.45. The largest absolute Gasteiger partial charge is 0.382 e. The molecular weight excluding hydrogens is 196 g/mol. The summed E-state index contributed by atoms with van der Waals surface area (Å²) < 4.78 is 0. The van der Waals surface area contributed by atoms with E-state index in [9.17, 15) is 15.2 Å². The molecule has 0 atom stereocenters. The van der Waals surface area contributed by atoms with Gasteiger partial charge in [-0.25, -0.2) is 0 Å². The Labute approximate surface area is 86.9 Å². The number of nitro groups is 1. The van der Waals surface area contributed by atoms with Crippen molar-refractivity contribution < 1.29 is 10.0 Å². The molecule has 0 bridgehead atoms. The third-order valence-electron chi connectivity index (χ3n) is 2.77. The van der Waals surface area contributed by atoms with E-state index in [-0.39, 0.29) is 5.69 Å². The molecule has 1 heterocycles. The van der Waals surface area contributed by atoms with E-state index < -0.39 is 10.5 Å². The van der Waals surface area contributed by atoms with Gasteiger partial charge in [0.2, 0.25) is 0 Å². The summed E-state index contributed by atoms with van der Waals surface area (Å²) in [5.74, 6) is 0. The van der Waals surface area contributed by atoms with Crippen molar-refractivity contribution in [1.82, 2.24) is 5.32 Å². The minimum atomic E-state index is -0.934. The Hall–Kier alpha value is -1.46. The Morgan fingerprint density at radius 3 is 2.67 bits per heavy atom. The van der Waals surface area contributed by atoms with Crippen molar-refractivity contribution in [3.8, 4) is 0 Å². The zero-order valence-electron chi connectivity index (χ0n) is 8.36. The van der Waals surface area contributed by atoms with Gasteiger partial charge < -0.3 is 10.4 Å². The number of nitrogens with one attached hydrogen (secondary N) is 1. The fourth-order valence-corrected chi connectivity index (χ4v) is 1.78. The fourth-order valence-electron chi connectivity index (χ4n) is 1.78. The number of rotatable bonds is 2. The molecule has 0 spiro atoms. The molecule has 1 aromatic rings. The summed E-state index contributed by atoms with van der Waals surface area (Å²) in [6.07, 6.45) is 0. The van der Waals surface area contributed by atoms with Crippen molar-refractivity contribution in [3.63, 3.8) is 0 Å². The van der Waals surface area contributed by atoms with Gasteiger partial charge in [0.1, 0.15) is 5.60 Å². The summed E-state index contributed by atoms with van der Waals surface area (Å²) in [7, 11) is 0. The fraction of sp³-hybridized carbons (Fsp3) is 0.400. The van der Waals surface area contributed by atoms with E-state index >= 15 is 0 Å². The molecule has 1 aromatic carbocycles. The van der Waals surface area contributed by atoms with Crippen LogP contribution in [0.25, 0.3) is 0 Å². The third kappa shape index (κ3) is 1.60. The van der Waals surface area contributed by atoms with Crippen LogP contribution in [0.2, 0.25) is 0 Å². The Morgan fingerprint density at radius 2 is 2.20 bits per heavy atom. The van der Waals surface area contributed by atoms with Gasteiger partial charge in [-0.05, 0) is 18.1 Å². The lowest BCUT2D eigenvalue weighted by Crippen LogP contribution is -2.57. The first-order chi connectivity index (χ1) is 7.03. The number of aryl methyl sites for hydroxylation is 1. The van der Waals surface area contributed by atoms with Crippen LogP contribution in [0, 0.1) is 17.0 Å². The maximum Gasteiger partial charge on any atom is 0.269 e. The van der Waals surface area contributed by atoms with Crippen molar-refractivity contribution in [2.24, 2.45) is 0 Å². The van der Waals surface area contributed by atoms with Crippen molar-refractivity contribution in [1.29, 1.82) is 0 Å². The molecular formula is C10H12N2O3. The van der Waals surface area contributed by atoms with Gasteiger partial charge in [-0.15, -0.1) is 0 Å². The lowest BCUT2D eigenvalue weighted by Gasteiger charge is -2.38. The van der Waals surface area contributed by atoms with Crippen LogP contribution >= 0.6 is 0 Å². The highest BCUT2D eigenvalue weighted by atomic mass is 16.6. The first-order valence-electron chi connectivity index (χ1n) is 4.71. The summed E-state index contributed by atoms with van der Waals surface area (Å²) in [5.41, 5.74) is 0.617. The molecule has 0 aliphatic carbocycles. The van der Waals surface area contributed by atoms with E-state index in [2.05, 4.69) is 5.32 Å². The second-order valence-electron chi connectivity index (χ2n) is 3.89. The van der Waals surface area contributed by atoms with Crippen molar-refractivity contribution in [2.75, 3.05) is 13.1 Å². The van der Waals surface area contributed by atoms with Crippen LogP contribution < -0.4 is 5.32 Å². The Bertz CT molecular complexity index is 413. The van der Waals surface area contributed by atoms with Crippen LogP contribution in [-0.2, 0) is 5.60 Å². The van der Waals surface area contributed by atoms with Gasteiger partial charge >= 0.3 is 0 Å². The first-order valence-corrected chi connectivity index (χ1v) is 4.71. The summed E-state index contributed by atoms with van der Waals surface area (Å²) in [6.45, 7) is 2.75. The van der Waals surface area contributed by atoms with Crippen LogP contribution in [0.3, 0.4) is 0 Å². The number of hydrogen-bond acceptors (Lipinski definition) is 4. The van der Waals surface area contributed by atoms with Crippen molar-refractivity contribution >= 4 is 5.69 Å². The average Bonchev–Trinajstić information content (AvgIpc) is 2.14. The normalized spacial score (nSPS) is 18.3. The number of hydrogen-bond donors (Lipinski definition) is 2. The molecule has 0 unspecified atom stereocenters. The van der Waals surface area contributed by atoms with Gasteiger partial charge in [0.15, 0.2) is 0 Å². The predicted octanol–water partition coefficient (Wildman–Crippen LogP) is 0.694. The molecule has 80 valence electrons. The molecule has 0 amide bonds. The van der Waals surface area contributed by atoms with Gasteiger partial charge in [0, 0.05) is 25.2 Å². The summed E-state index contributed by atoms with van der Waals surface area (Å²) >= 11 is 0. The lowest BCUT2D eigenvalue weighted by atomic mass is 9.85. The number of benzene rings is 1. The molecule has 0 aromatic heterocycles. The molecule has 5 nitrogen and oxygen atoms in total. The van der Waals surface area contributed by atoms with Gasteiger partial charge in [0.25, 0.3) is 5.69 Å². The van der Waals surface area contributed by atoms with Crippen molar-refractivity contribution in [2.45, 2.75) is 12.5 Å². The molecule has 1 saturated heterocycles. The van der Waals surface area contributed by atoms with Crippen molar-refractivity contribution in [3.05, 3.63) is 39.4 Å². The molecule has 0 saturated carbocycles. The van der Waals surface area contributed by atoms with E-state index in [4.69, 9.17) is 0 Å². The zero-order valence-corrected chi connectivity index (χ0v) is 8.36. The molecule has 1 fully saturated rings. The standard InChI is InChI=1S/C10H12N2O3/c1-7-2-3-8(12(14)15)4-9(7)10(13)5-11-6-10/h2-4,11,13H,5-6H2,1H3. The quantitative estimate of drug-likeness (QED) is 0.554. The highest BCUT2D eigenvalue weighted by Gasteiger charge is 2.38. The van der Waals surface area contributed by atoms with E-state index in [0.717, 1.165) is 5.56 Å². The summed E-state index contributed by atoms with van der Waals surface area (Å²) in [6, 6.07) is 4.58. The van der Waals surface area contributed by atoms with E-state index in [1.54, 1.807) is 6.07 Å². The molecule has 2 N–H and O–H groups in total. The van der Waals surface area contributed by atoms with Gasteiger partial charge in [0.05, 0.1) is 4.92 Å². The first kappa shape index (κ1) is 10.1. The molecule has 1 aliphatic heterocycles. The molecule has 0 radical (unpaired) electrons. The number of β-amino-alcohol motifs (C(OH)–C–C–N with tert-alkyl or cyclic N) is 1. The minimum Gasteiger partial charge on any atom is -0.382 e. The van der Waals surface area contributed by atoms with Gasteiger partial charge in [-0.2, -0.15) is 0 Å². The smallest absolute Gasteiger partial charge is 0.269 e. The highest BCUT2D eigenvalue weighted by molar-refractivity contribution is 5.43. The number of nitrogens with zero attached hydrogens (tertiary/aromatic N) is 1. The topological polar surface area (TPSA) is 75.4 Å². The van der Waals surface area contributed by atoms with Crippen LogP contribution in [0.4, 0.5) is 5.69 Å². The van der Waals surface area contributed by atoms with Crippen LogP contribution in [-0.4, -0.2) is 23.1 Å². The summed E-state index contributed by atoms with van der Waals surface area (Å²) in [4.78, 5) is 10.2. The molecule has 15 heavy (non-hydrogen) atoms. The van der Waals surface area contributed by atoms with Gasteiger partial charge in [-0.3, -0.25) is 10.1 Å². The summed E-state index contributed by atoms with van der Waals surface area (Å²) in [5, 5.41) is 23.6. The maximum absolute atomic E-state index is 10.6. The van der Waals surface area contributed by atoms with Crippen LogP contribution in [0.1, 0.15) is 11.1 Å². The number of non-ortho nitro benzene ring substituents is 1. The highest BCUT2D eigenvalue weighted by Crippen LogP contribution is 2.30. The van der Waals surface area contributed by atoms with E-state index in [1.807, 2.05) is 6.92 Å². The van der Waals surface area contributed by atoms with Crippen LogP contribution in [0.15, 0.2) is 18.2 Å². The van der Waals surface area contributed by atoms with Crippen LogP contribution in [0.5, 0.6) is 0 Å². The van der Waals surface area contributed by atoms with Gasteiger partial charge in [-0.1, -0.05) is 6.07 Å².